The summed E-state index contributed by atoms with van der Waals surface area (Å²) in [5.74, 6) is -0.381. The Balaban J connectivity index is 1.79. The molecule has 6 heteroatoms. The lowest BCUT2D eigenvalue weighted by molar-refractivity contribution is -0.140. The van der Waals surface area contributed by atoms with Crippen molar-refractivity contribution in [3.63, 3.8) is 0 Å². The number of nitrogens with zero attached hydrogens (tertiary/aromatic N) is 1. The van der Waals surface area contributed by atoms with Crippen LogP contribution in [0.3, 0.4) is 0 Å². The Hall–Kier alpha value is -2.63. The fourth-order valence-corrected chi connectivity index (χ4v) is 1.91. The largest absolute Gasteiger partial charge is 0.469 e. The van der Waals surface area contributed by atoms with Crippen molar-refractivity contribution in [1.82, 2.24) is 10.5 Å². The second-order valence-corrected chi connectivity index (χ2v) is 4.73. The van der Waals surface area contributed by atoms with E-state index in [1.807, 2.05) is 30.3 Å². The van der Waals surface area contributed by atoms with E-state index in [0.717, 1.165) is 5.56 Å². The summed E-state index contributed by atoms with van der Waals surface area (Å²) < 4.78 is 9.60. The van der Waals surface area contributed by atoms with E-state index in [4.69, 9.17) is 4.52 Å². The number of nitrogens with one attached hydrogen (secondary N) is 1. The fourth-order valence-electron chi connectivity index (χ4n) is 1.91. The normalized spacial score (nSPS) is 10.2. The first-order chi connectivity index (χ1) is 10.7. The Morgan fingerprint density at radius 1 is 1.23 bits per heavy atom. The zero-order valence-electron chi connectivity index (χ0n) is 12.4. The molecular formula is C16H18N2O4. The van der Waals surface area contributed by atoms with E-state index in [9.17, 15) is 9.59 Å². The van der Waals surface area contributed by atoms with Gasteiger partial charge in [-0.05, 0) is 12.8 Å². The molecule has 116 valence electrons. The van der Waals surface area contributed by atoms with Crippen LogP contribution in [0.4, 0.5) is 0 Å². The van der Waals surface area contributed by atoms with E-state index in [1.54, 1.807) is 6.07 Å². The number of carbonyl (C=O) groups is 2. The zero-order valence-corrected chi connectivity index (χ0v) is 12.4. The van der Waals surface area contributed by atoms with E-state index in [1.165, 1.54) is 7.11 Å². The SMILES string of the molecule is COC(=O)CCCCNC(=O)c1cc(-c2ccccc2)no1. The number of carbonyl (C=O) groups excluding carboxylic acids is 2. The summed E-state index contributed by atoms with van der Waals surface area (Å²) in [6.45, 7) is 0.469. The van der Waals surface area contributed by atoms with Gasteiger partial charge in [0.25, 0.3) is 5.91 Å². The van der Waals surface area contributed by atoms with Crippen molar-refractivity contribution in [3.8, 4) is 11.3 Å². The van der Waals surface area contributed by atoms with Crippen LogP contribution in [0.5, 0.6) is 0 Å². The molecule has 0 unspecified atom stereocenters. The number of unbranched alkanes of at least 4 members (excludes halogenated alkanes) is 1. The minimum absolute atomic E-state index is 0.173. The monoisotopic (exact) mass is 302 g/mol. The van der Waals surface area contributed by atoms with Gasteiger partial charge in [0, 0.05) is 24.6 Å². The molecule has 0 bridgehead atoms. The number of rotatable bonds is 7. The van der Waals surface area contributed by atoms with Crippen molar-refractivity contribution in [1.29, 1.82) is 0 Å². The first-order valence-corrected chi connectivity index (χ1v) is 7.08. The summed E-state index contributed by atoms with van der Waals surface area (Å²) in [6, 6.07) is 11.1. The zero-order chi connectivity index (χ0) is 15.8. The highest BCUT2D eigenvalue weighted by Gasteiger charge is 2.13. The number of hydrogen-bond acceptors (Lipinski definition) is 5. The van der Waals surface area contributed by atoms with Crippen molar-refractivity contribution in [2.75, 3.05) is 13.7 Å². The number of methoxy groups -OCH3 is 1. The molecule has 0 aliphatic carbocycles. The molecule has 0 spiro atoms. The molecular weight excluding hydrogens is 284 g/mol. The van der Waals surface area contributed by atoms with Gasteiger partial charge in [-0.15, -0.1) is 0 Å². The van der Waals surface area contributed by atoms with E-state index in [2.05, 4.69) is 15.2 Å². The average Bonchev–Trinajstić information content (AvgIpc) is 3.05. The second-order valence-electron chi connectivity index (χ2n) is 4.73. The molecule has 2 rings (SSSR count). The first kappa shape index (κ1) is 15.8. The van der Waals surface area contributed by atoms with E-state index in [0.29, 0.717) is 31.5 Å². The molecule has 1 aromatic carbocycles. The van der Waals surface area contributed by atoms with Crippen LogP contribution in [-0.2, 0) is 9.53 Å². The lowest BCUT2D eigenvalue weighted by atomic mass is 10.1. The van der Waals surface area contributed by atoms with Crippen molar-refractivity contribution in [2.45, 2.75) is 19.3 Å². The lowest BCUT2D eigenvalue weighted by Crippen LogP contribution is -2.24. The van der Waals surface area contributed by atoms with Gasteiger partial charge < -0.3 is 14.6 Å². The summed E-state index contributed by atoms with van der Waals surface area (Å²) in [5.41, 5.74) is 1.51. The van der Waals surface area contributed by atoms with Gasteiger partial charge in [-0.3, -0.25) is 9.59 Å². The number of hydrogen-bond donors (Lipinski definition) is 1. The third kappa shape index (κ3) is 4.44. The van der Waals surface area contributed by atoms with Crippen LogP contribution in [0.2, 0.25) is 0 Å². The molecule has 0 aliphatic heterocycles. The van der Waals surface area contributed by atoms with Crippen molar-refractivity contribution < 1.29 is 18.8 Å². The molecule has 1 N–H and O–H groups in total. The highest BCUT2D eigenvalue weighted by molar-refractivity contribution is 5.92. The van der Waals surface area contributed by atoms with Gasteiger partial charge in [-0.25, -0.2) is 0 Å². The summed E-state index contributed by atoms with van der Waals surface area (Å²) in [6.07, 6.45) is 1.71. The highest BCUT2D eigenvalue weighted by Crippen LogP contribution is 2.18. The Kier molecular flexibility index (Phi) is 5.71. The van der Waals surface area contributed by atoms with Crippen LogP contribution in [-0.4, -0.2) is 30.7 Å². The molecule has 6 nitrogen and oxygen atoms in total. The predicted octanol–water partition coefficient (Wildman–Crippen LogP) is 2.41. The molecule has 2 aromatic rings. The third-order valence-electron chi connectivity index (χ3n) is 3.12. The van der Waals surface area contributed by atoms with Crippen molar-refractivity contribution >= 4 is 11.9 Å². The number of esters is 1. The Morgan fingerprint density at radius 3 is 2.73 bits per heavy atom. The Labute approximate surface area is 128 Å². The molecule has 0 saturated heterocycles. The van der Waals surface area contributed by atoms with Gasteiger partial charge in [0.2, 0.25) is 5.76 Å². The summed E-state index contributed by atoms with van der Waals surface area (Å²) >= 11 is 0. The molecule has 0 atom stereocenters. The van der Waals surface area contributed by atoms with Crippen LogP contribution in [0.25, 0.3) is 11.3 Å². The number of amides is 1. The van der Waals surface area contributed by atoms with Gasteiger partial charge >= 0.3 is 5.97 Å². The van der Waals surface area contributed by atoms with Gasteiger partial charge in [0.15, 0.2) is 0 Å². The molecule has 1 aromatic heterocycles. The molecule has 0 saturated carbocycles. The lowest BCUT2D eigenvalue weighted by Gasteiger charge is -2.02. The molecule has 1 heterocycles. The van der Waals surface area contributed by atoms with Crippen molar-refractivity contribution in [3.05, 3.63) is 42.2 Å². The average molecular weight is 302 g/mol. The maximum Gasteiger partial charge on any atom is 0.305 e. The van der Waals surface area contributed by atoms with Crippen LogP contribution < -0.4 is 5.32 Å². The van der Waals surface area contributed by atoms with Crippen LogP contribution in [0.1, 0.15) is 29.8 Å². The van der Waals surface area contributed by atoms with E-state index >= 15 is 0 Å². The number of aromatic nitrogens is 1. The minimum Gasteiger partial charge on any atom is -0.469 e. The smallest absolute Gasteiger partial charge is 0.305 e. The predicted molar refractivity (Wildman–Crippen MR) is 80.1 cm³/mol. The Morgan fingerprint density at radius 2 is 2.00 bits per heavy atom. The first-order valence-electron chi connectivity index (χ1n) is 7.08. The summed E-state index contributed by atoms with van der Waals surface area (Å²) in [7, 11) is 1.36. The van der Waals surface area contributed by atoms with Gasteiger partial charge in [0.05, 0.1) is 7.11 Å². The minimum atomic E-state index is -0.312. The quantitative estimate of drug-likeness (QED) is 0.627. The molecule has 0 radical (unpaired) electrons. The van der Waals surface area contributed by atoms with Crippen LogP contribution in [0.15, 0.2) is 40.9 Å². The van der Waals surface area contributed by atoms with E-state index in [-0.39, 0.29) is 17.6 Å². The van der Waals surface area contributed by atoms with Crippen LogP contribution >= 0.6 is 0 Å². The fraction of sp³-hybridized carbons (Fsp3) is 0.312. The Bertz CT molecular complexity index is 622. The number of benzene rings is 1. The number of ether oxygens (including phenoxy) is 1. The topological polar surface area (TPSA) is 81.4 Å². The van der Waals surface area contributed by atoms with E-state index < -0.39 is 0 Å². The standard InChI is InChI=1S/C16H18N2O4/c1-21-15(19)9-5-6-10-17-16(20)14-11-13(18-22-14)12-7-3-2-4-8-12/h2-4,7-8,11H,5-6,9-10H2,1H3,(H,17,20). The highest BCUT2D eigenvalue weighted by atomic mass is 16.5. The van der Waals surface area contributed by atoms with Gasteiger partial charge in [0.1, 0.15) is 5.69 Å². The molecule has 0 aliphatic rings. The maximum atomic E-state index is 11.9. The third-order valence-corrected chi connectivity index (χ3v) is 3.12. The second kappa shape index (κ2) is 7.97. The molecule has 1 amide bonds. The van der Waals surface area contributed by atoms with Crippen molar-refractivity contribution in [2.24, 2.45) is 0 Å². The van der Waals surface area contributed by atoms with Crippen LogP contribution in [0, 0.1) is 0 Å². The maximum absolute atomic E-state index is 11.9. The summed E-state index contributed by atoms with van der Waals surface area (Å²) in [4.78, 5) is 22.8. The molecule has 22 heavy (non-hydrogen) atoms. The van der Waals surface area contributed by atoms with Gasteiger partial charge in [-0.1, -0.05) is 35.5 Å². The molecule has 0 fully saturated rings. The summed E-state index contributed by atoms with van der Waals surface area (Å²) in [5, 5.41) is 6.62. The van der Waals surface area contributed by atoms with Gasteiger partial charge in [-0.2, -0.15) is 0 Å².